The van der Waals surface area contributed by atoms with Gasteiger partial charge in [-0.25, -0.2) is 0 Å². The Morgan fingerprint density at radius 1 is 1.22 bits per heavy atom. The van der Waals surface area contributed by atoms with E-state index in [0.717, 1.165) is 20.4 Å². The van der Waals surface area contributed by atoms with E-state index in [2.05, 4.69) is 48.6 Å². The third-order valence-electron chi connectivity index (χ3n) is 4.05. The van der Waals surface area contributed by atoms with Gasteiger partial charge in [-0.1, -0.05) is 31.5 Å². The molecule has 3 atom stereocenters. The van der Waals surface area contributed by atoms with Crippen LogP contribution in [0.1, 0.15) is 44.7 Å². The van der Waals surface area contributed by atoms with Gasteiger partial charge >= 0.3 is 0 Å². The highest BCUT2D eigenvalue weighted by Gasteiger charge is 2.29. The second-order valence-electron chi connectivity index (χ2n) is 5.88. The first kappa shape index (κ1) is 14.6. The van der Waals surface area contributed by atoms with Crippen molar-refractivity contribution < 1.29 is 0 Å². The molecule has 1 nitrogen and oxygen atoms in total. The van der Waals surface area contributed by atoms with Gasteiger partial charge in [0.1, 0.15) is 0 Å². The number of rotatable bonds is 2. The molecule has 0 bridgehead atoms. The highest BCUT2D eigenvalue weighted by atomic mass is 127. The van der Waals surface area contributed by atoms with Crippen LogP contribution in [0.3, 0.4) is 0 Å². The maximum absolute atomic E-state index is 6.45. The molecule has 18 heavy (non-hydrogen) atoms. The monoisotopic (exact) mass is 377 g/mol. The molecule has 2 rings (SSSR count). The molecule has 1 aliphatic rings. The van der Waals surface area contributed by atoms with Crippen molar-refractivity contribution in [2.75, 3.05) is 0 Å². The highest BCUT2D eigenvalue weighted by molar-refractivity contribution is 14.1. The standard InChI is InChI=1S/C15H21ClIN/c1-9-5-10(2)7-12(6-9)15(18)11-3-4-14(17)13(16)8-11/h3-4,8-10,12,15H,5-7,18H2,1-2H3. The van der Waals surface area contributed by atoms with Gasteiger partial charge in [-0.05, 0) is 77.3 Å². The van der Waals surface area contributed by atoms with E-state index < -0.39 is 0 Å². The van der Waals surface area contributed by atoms with Crippen molar-refractivity contribution in [2.45, 2.75) is 39.2 Å². The predicted octanol–water partition coefficient (Wildman–Crippen LogP) is 5.02. The first-order chi connectivity index (χ1) is 8.47. The molecule has 3 unspecified atom stereocenters. The molecule has 1 aromatic rings. The van der Waals surface area contributed by atoms with E-state index >= 15 is 0 Å². The molecule has 0 saturated heterocycles. The van der Waals surface area contributed by atoms with Crippen molar-refractivity contribution in [3.63, 3.8) is 0 Å². The zero-order valence-electron chi connectivity index (χ0n) is 11.0. The summed E-state index contributed by atoms with van der Waals surface area (Å²) in [6, 6.07) is 6.36. The van der Waals surface area contributed by atoms with Crippen LogP contribution in [0, 0.1) is 21.3 Å². The summed E-state index contributed by atoms with van der Waals surface area (Å²) in [4.78, 5) is 0. The Balaban J connectivity index is 2.14. The second kappa shape index (κ2) is 6.10. The Bertz CT molecular complexity index is 411. The van der Waals surface area contributed by atoms with Gasteiger partial charge in [-0.3, -0.25) is 0 Å². The van der Waals surface area contributed by atoms with Crippen LogP contribution >= 0.6 is 34.2 Å². The Hall–Kier alpha value is 0.200. The average Bonchev–Trinajstić information content (AvgIpc) is 2.30. The van der Waals surface area contributed by atoms with Gasteiger partial charge < -0.3 is 5.73 Å². The number of halogens is 2. The molecule has 100 valence electrons. The molecule has 0 aliphatic heterocycles. The van der Waals surface area contributed by atoms with Gasteiger partial charge in [0.25, 0.3) is 0 Å². The summed E-state index contributed by atoms with van der Waals surface area (Å²) < 4.78 is 1.09. The lowest BCUT2D eigenvalue weighted by Crippen LogP contribution is -2.29. The maximum Gasteiger partial charge on any atom is 0.0542 e. The van der Waals surface area contributed by atoms with Crippen LogP contribution in [-0.4, -0.2) is 0 Å². The summed E-state index contributed by atoms with van der Waals surface area (Å²) >= 11 is 8.44. The van der Waals surface area contributed by atoms with Crippen LogP contribution in [0.5, 0.6) is 0 Å². The number of hydrogen-bond acceptors (Lipinski definition) is 1. The Labute approximate surface area is 129 Å². The Morgan fingerprint density at radius 3 is 2.39 bits per heavy atom. The first-order valence-electron chi connectivity index (χ1n) is 6.68. The summed E-state index contributed by atoms with van der Waals surface area (Å²) in [6.45, 7) is 4.69. The van der Waals surface area contributed by atoms with Crippen LogP contribution in [0.25, 0.3) is 0 Å². The summed E-state index contributed by atoms with van der Waals surface area (Å²) in [5.74, 6) is 2.19. The van der Waals surface area contributed by atoms with Crippen molar-refractivity contribution >= 4 is 34.2 Å². The summed E-state index contributed by atoms with van der Waals surface area (Å²) in [5.41, 5.74) is 7.64. The van der Waals surface area contributed by atoms with Crippen LogP contribution in [0.15, 0.2) is 18.2 Å². The molecular weight excluding hydrogens is 357 g/mol. The van der Waals surface area contributed by atoms with Gasteiger partial charge in [0.15, 0.2) is 0 Å². The molecule has 1 aliphatic carbocycles. The lowest BCUT2D eigenvalue weighted by molar-refractivity contribution is 0.193. The lowest BCUT2D eigenvalue weighted by atomic mass is 9.73. The topological polar surface area (TPSA) is 26.0 Å². The predicted molar refractivity (Wildman–Crippen MR) is 86.8 cm³/mol. The van der Waals surface area contributed by atoms with E-state index in [1.807, 2.05) is 6.07 Å². The first-order valence-corrected chi connectivity index (χ1v) is 8.13. The number of hydrogen-bond donors (Lipinski definition) is 1. The molecule has 1 fully saturated rings. The molecule has 1 saturated carbocycles. The van der Waals surface area contributed by atoms with Gasteiger partial charge in [0.05, 0.1) is 5.02 Å². The second-order valence-corrected chi connectivity index (χ2v) is 7.45. The Morgan fingerprint density at radius 2 is 1.83 bits per heavy atom. The van der Waals surface area contributed by atoms with E-state index in [-0.39, 0.29) is 6.04 Å². The molecule has 2 N–H and O–H groups in total. The van der Waals surface area contributed by atoms with Crippen molar-refractivity contribution in [3.05, 3.63) is 32.4 Å². The van der Waals surface area contributed by atoms with Crippen molar-refractivity contribution in [3.8, 4) is 0 Å². The van der Waals surface area contributed by atoms with Gasteiger partial charge in [0, 0.05) is 9.61 Å². The minimum absolute atomic E-state index is 0.129. The third-order valence-corrected chi connectivity index (χ3v) is 5.62. The minimum Gasteiger partial charge on any atom is -0.324 e. The fourth-order valence-corrected chi connectivity index (χ4v) is 3.82. The zero-order chi connectivity index (χ0) is 13.3. The van der Waals surface area contributed by atoms with Crippen molar-refractivity contribution in [2.24, 2.45) is 23.5 Å². The molecule has 0 amide bonds. The maximum atomic E-state index is 6.45. The minimum atomic E-state index is 0.129. The lowest BCUT2D eigenvalue weighted by Gasteiger charge is -2.35. The van der Waals surface area contributed by atoms with E-state index in [1.54, 1.807) is 0 Å². The Kier molecular flexibility index (Phi) is 4.95. The zero-order valence-corrected chi connectivity index (χ0v) is 13.9. The van der Waals surface area contributed by atoms with E-state index in [1.165, 1.54) is 24.8 Å². The fourth-order valence-electron chi connectivity index (χ4n) is 3.29. The van der Waals surface area contributed by atoms with E-state index in [9.17, 15) is 0 Å². The molecule has 0 radical (unpaired) electrons. The summed E-state index contributed by atoms with van der Waals surface area (Å²) in [6.07, 6.45) is 3.83. The van der Waals surface area contributed by atoms with Crippen molar-refractivity contribution in [1.29, 1.82) is 0 Å². The molecule has 3 heteroatoms. The molecule has 0 aromatic heterocycles. The van der Waals surface area contributed by atoms with Gasteiger partial charge in [-0.15, -0.1) is 0 Å². The smallest absolute Gasteiger partial charge is 0.0542 e. The average molecular weight is 378 g/mol. The van der Waals surface area contributed by atoms with E-state index in [0.29, 0.717) is 5.92 Å². The SMILES string of the molecule is CC1CC(C)CC(C(N)c2ccc(I)c(Cl)c2)C1. The summed E-state index contributed by atoms with van der Waals surface area (Å²) in [7, 11) is 0. The molecular formula is C15H21ClIN. The largest absolute Gasteiger partial charge is 0.324 e. The summed E-state index contributed by atoms with van der Waals surface area (Å²) in [5, 5.41) is 0.820. The molecule has 0 spiro atoms. The third kappa shape index (κ3) is 3.40. The van der Waals surface area contributed by atoms with Gasteiger partial charge in [-0.2, -0.15) is 0 Å². The van der Waals surface area contributed by atoms with Crippen LogP contribution in [0.2, 0.25) is 5.02 Å². The number of nitrogens with two attached hydrogens (primary N) is 1. The van der Waals surface area contributed by atoms with Crippen molar-refractivity contribution in [1.82, 2.24) is 0 Å². The van der Waals surface area contributed by atoms with Gasteiger partial charge in [0.2, 0.25) is 0 Å². The number of benzene rings is 1. The van der Waals surface area contributed by atoms with E-state index in [4.69, 9.17) is 17.3 Å². The quantitative estimate of drug-likeness (QED) is 0.720. The molecule has 0 heterocycles. The fraction of sp³-hybridized carbons (Fsp3) is 0.600. The molecule has 1 aromatic carbocycles. The normalized spacial score (nSPS) is 30.2. The van der Waals surface area contributed by atoms with Crippen LogP contribution in [0.4, 0.5) is 0 Å². The highest BCUT2D eigenvalue weighted by Crippen LogP contribution is 2.39. The van der Waals surface area contributed by atoms with Crippen LogP contribution < -0.4 is 5.73 Å². The van der Waals surface area contributed by atoms with Crippen LogP contribution in [-0.2, 0) is 0 Å².